The molecule has 0 aromatic rings. The van der Waals surface area contributed by atoms with Gasteiger partial charge in [0.25, 0.3) is 0 Å². The average molecular weight is 266 g/mol. The Bertz CT molecular complexity index is 384. The number of carbonyl (C=O) groups excluding carboxylic acids is 1. The van der Waals surface area contributed by atoms with Crippen LogP contribution in [0.2, 0.25) is 0 Å². The Kier molecular flexibility index (Phi) is 3.56. The first-order valence-corrected chi connectivity index (χ1v) is 7.05. The fourth-order valence-electron chi connectivity index (χ4n) is 3.18. The first-order chi connectivity index (χ1) is 9.24. The quantitative estimate of drug-likeness (QED) is 0.627. The van der Waals surface area contributed by atoms with E-state index in [1.54, 1.807) is 0 Å². The van der Waals surface area contributed by atoms with Crippen LogP contribution in [0.1, 0.15) is 25.7 Å². The van der Waals surface area contributed by atoms with Crippen LogP contribution in [0.15, 0.2) is 5.10 Å². The second-order valence-corrected chi connectivity index (χ2v) is 5.66. The Morgan fingerprint density at radius 3 is 3.00 bits per heavy atom. The van der Waals surface area contributed by atoms with Gasteiger partial charge in [0.05, 0.1) is 0 Å². The van der Waals surface area contributed by atoms with E-state index in [9.17, 15) is 4.79 Å². The highest BCUT2D eigenvalue weighted by atomic mass is 16.2. The highest BCUT2D eigenvalue weighted by Crippen LogP contribution is 2.22. The molecule has 1 amide bonds. The van der Waals surface area contributed by atoms with Crippen molar-refractivity contribution in [1.29, 1.82) is 0 Å². The summed E-state index contributed by atoms with van der Waals surface area (Å²) < 4.78 is 0. The molecule has 0 aromatic heterocycles. The Hall–Kier alpha value is -1.34. The molecule has 2 atom stereocenters. The summed E-state index contributed by atoms with van der Waals surface area (Å²) >= 11 is 0. The van der Waals surface area contributed by atoms with Gasteiger partial charge in [-0.3, -0.25) is 10.2 Å². The summed E-state index contributed by atoms with van der Waals surface area (Å²) in [5.74, 6) is 1.53. The van der Waals surface area contributed by atoms with Crippen LogP contribution in [0.25, 0.3) is 0 Å². The summed E-state index contributed by atoms with van der Waals surface area (Å²) in [4.78, 5) is 16.6. The molecule has 0 bridgehead atoms. The normalized spacial score (nSPS) is 31.2. The first kappa shape index (κ1) is 12.7. The van der Waals surface area contributed by atoms with Crippen LogP contribution in [0, 0.1) is 5.92 Å². The second kappa shape index (κ2) is 5.34. The molecule has 0 radical (unpaired) electrons. The number of amidine groups is 1. The van der Waals surface area contributed by atoms with Gasteiger partial charge in [-0.05, 0) is 32.9 Å². The monoisotopic (exact) mass is 266 g/mol. The maximum atomic E-state index is 12.3. The van der Waals surface area contributed by atoms with Crippen molar-refractivity contribution in [3.63, 3.8) is 0 Å². The van der Waals surface area contributed by atoms with E-state index in [0.29, 0.717) is 24.3 Å². The third kappa shape index (κ3) is 2.66. The Balaban J connectivity index is 1.51. The standard InChI is InChI=1S/C12H22N6O/c1-17-5-2-3-10(17)7-11(19)18-6-4-9(8-18)12-13-15-16-14-12/h9-10,15-16H,2-8H2,1H3,(H,13,14)/t9?,10-/m0/s1. The molecule has 0 aromatic carbocycles. The maximum absolute atomic E-state index is 12.3. The predicted octanol–water partition coefficient (Wildman–Crippen LogP) is -0.755. The van der Waals surface area contributed by atoms with E-state index >= 15 is 0 Å². The van der Waals surface area contributed by atoms with Gasteiger partial charge in [0, 0.05) is 31.5 Å². The number of nitrogens with zero attached hydrogens (tertiary/aromatic N) is 3. The number of nitrogens with one attached hydrogen (secondary N) is 3. The zero-order chi connectivity index (χ0) is 13.2. The molecule has 3 rings (SSSR count). The number of carbonyl (C=O) groups is 1. The highest BCUT2D eigenvalue weighted by Gasteiger charge is 2.33. The minimum Gasteiger partial charge on any atom is -0.342 e. The van der Waals surface area contributed by atoms with Crippen molar-refractivity contribution in [1.82, 2.24) is 26.3 Å². The zero-order valence-corrected chi connectivity index (χ0v) is 11.4. The summed E-state index contributed by atoms with van der Waals surface area (Å²) in [6.45, 7) is 2.75. The molecule has 1 unspecified atom stereocenters. The van der Waals surface area contributed by atoms with Gasteiger partial charge in [-0.1, -0.05) is 0 Å². The largest absolute Gasteiger partial charge is 0.342 e. The topological polar surface area (TPSA) is 72.0 Å². The second-order valence-electron chi connectivity index (χ2n) is 5.66. The van der Waals surface area contributed by atoms with Crippen LogP contribution in [-0.4, -0.2) is 54.3 Å². The van der Waals surface area contributed by atoms with Crippen molar-refractivity contribution >= 4 is 11.7 Å². The van der Waals surface area contributed by atoms with Crippen LogP contribution in [0.4, 0.5) is 0 Å². The molecule has 0 saturated carbocycles. The number of likely N-dealkylation sites (tertiary alicyclic amines) is 2. The van der Waals surface area contributed by atoms with Crippen molar-refractivity contribution in [2.45, 2.75) is 31.7 Å². The Morgan fingerprint density at radius 1 is 1.42 bits per heavy atom. The lowest BCUT2D eigenvalue weighted by Crippen LogP contribution is -2.39. The third-order valence-corrected chi connectivity index (χ3v) is 4.43. The molecule has 2 fully saturated rings. The van der Waals surface area contributed by atoms with Crippen LogP contribution in [-0.2, 0) is 4.79 Å². The summed E-state index contributed by atoms with van der Waals surface area (Å²) in [5.41, 5.74) is 8.40. The van der Waals surface area contributed by atoms with Crippen molar-refractivity contribution in [2.24, 2.45) is 11.0 Å². The molecule has 106 valence electrons. The molecular formula is C12H22N6O. The summed E-state index contributed by atoms with van der Waals surface area (Å²) in [6, 6.07) is 0.442. The van der Waals surface area contributed by atoms with Crippen molar-refractivity contribution in [3.05, 3.63) is 0 Å². The summed E-state index contributed by atoms with van der Waals surface area (Å²) in [7, 11) is 2.12. The molecule has 0 spiro atoms. The molecule has 3 aliphatic rings. The predicted molar refractivity (Wildman–Crippen MR) is 71.8 cm³/mol. The van der Waals surface area contributed by atoms with E-state index in [-0.39, 0.29) is 0 Å². The molecule has 3 heterocycles. The Labute approximate surface area is 113 Å². The highest BCUT2D eigenvalue weighted by molar-refractivity contribution is 5.86. The lowest BCUT2D eigenvalue weighted by atomic mass is 10.1. The minimum absolute atomic E-state index is 0.292. The molecule has 7 nitrogen and oxygen atoms in total. The Morgan fingerprint density at radius 2 is 2.32 bits per heavy atom. The van der Waals surface area contributed by atoms with Gasteiger partial charge in [0.1, 0.15) is 5.84 Å². The van der Waals surface area contributed by atoms with E-state index < -0.39 is 0 Å². The number of amides is 1. The SMILES string of the molecule is CN1CCC[C@H]1CC(=O)N1CCC(C2=NNNN2)C1. The molecule has 3 aliphatic heterocycles. The van der Waals surface area contributed by atoms with E-state index in [2.05, 4.69) is 33.5 Å². The maximum Gasteiger partial charge on any atom is 0.224 e. The van der Waals surface area contributed by atoms with E-state index in [1.807, 2.05) is 4.90 Å². The molecule has 19 heavy (non-hydrogen) atoms. The first-order valence-electron chi connectivity index (χ1n) is 7.05. The van der Waals surface area contributed by atoms with E-state index in [1.165, 1.54) is 6.42 Å². The average Bonchev–Trinajstić information content (AvgIpc) is 3.09. The molecule has 3 N–H and O–H groups in total. The summed E-state index contributed by atoms with van der Waals surface area (Å²) in [5, 5.41) is 4.13. The van der Waals surface area contributed by atoms with E-state index in [0.717, 1.165) is 38.3 Å². The van der Waals surface area contributed by atoms with Gasteiger partial charge < -0.3 is 9.80 Å². The van der Waals surface area contributed by atoms with Crippen LogP contribution >= 0.6 is 0 Å². The fourth-order valence-corrected chi connectivity index (χ4v) is 3.18. The van der Waals surface area contributed by atoms with Gasteiger partial charge in [0.15, 0.2) is 0 Å². The number of hydrogen-bond acceptors (Lipinski definition) is 6. The molecule has 7 heteroatoms. The van der Waals surface area contributed by atoms with Crippen LogP contribution in [0.3, 0.4) is 0 Å². The number of hydrazine groups is 2. The van der Waals surface area contributed by atoms with E-state index in [4.69, 9.17) is 0 Å². The van der Waals surface area contributed by atoms with Crippen LogP contribution in [0.5, 0.6) is 0 Å². The van der Waals surface area contributed by atoms with Gasteiger partial charge in [0.2, 0.25) is 5.91 Å². The number of rotatable bonds is 3. The van der Waals surface area contributed by atoms with Gasteiger partial charge in [-0.15, -0.1) is 10.6 Å². The molecule has 0 aliphatic carbocycles. The van der Waals surface area contributed by atoms with Gasteiger partial charge >= 0.3 is 0 Å². The van der Waals surface area contributed by atoms with Crippen LogP contribution < -0.4 is 16.5 Å². The minimum atomic E-state index is 0.292. The van der Waals surface area contributed by atoms with Gasteiger partial charge in [-0.2, -0.15) is 0 Å². The lowest BCUT2D eigenvalue weighted by molar-refractivity contribution is -0.131. The third-order valence-electron chi connectivity index (χ3n) is 4.43. The fraction of sp³-hybridized carbons (Fsp3) is 0.833. The zero-order valence-electron chi connectivity index (χ0n) is 11.4. The smallest absolute Gasteiger partial charge is 0.224 e. The van der Waals surface area contributed by atoms with Crippen molar-refractivity contribution in [2.75, 3.05) is 26.7 Å². The van der Waals surface area contributed by atoms with Gasteiger partial charge in [-0.25, -0.2) is 5.53 Å². The molecular weight excluding hydrogens is 244 g/mol. The number of hydrazone groups is 1. The van der Waals surface area contributed by atoms with Crippen molar-refractivity contribution in [3.8, 4) is 0 Å². The van der Waals surface area contributed by atoms with Crippen molar-refractivity contribution < 1.29 is 4.79 Å². The number of hydrogen-bond donors (Lipinski definition) is 3. The summed E-state index contributed by atoms with van der Waals surface area (Å²) in [6.07, 6.45) is 4.03. The lowest BCUT2D eigenvalue weighted by Gasteiger charge is -2.22. The molecule has 2 saturated heterocycles.